The number of nitrogens with one attached hydrogen (secondary N) is 1. The van der Waals surface area contributed by atoms with Crippen LogP contribution in [0.15, 0.2) is 16.8 Å². The number of hydrogen-bond acceptors (Lipinski definition) is 2. The highest BCUT2D eigenvalue weighted by Gasteiger charge is 2.08. The summed E-state index contributed by atoms with van der Waals surface area (Å²) in [6, 6.07) is 0. The van der Waals surface area contributed by atoms with Crippen molar-refractivity contribution < 1.29 is 8.76 Å². The topological polar surface area (TPSA) is 61.7 Å². The van der Waals surface area contributed by atoms with Crippen LogP contribution < -0.4 is 4.72 Å². The second kappa shape index (κ2) is 5.64. The lowest BCUT2D eigenvalue weighted by Crippen LogP contribution is -2.18. The van der Waals surface area contributed by atoms with Gasteiger partial charge in [-0.1, -0.05) is 15.9 Å². The molecule has 1 aliphatic rings. The molecule has 2 atom stereocenters. The van der Waals surface area contributed by atoms with Crippen LogP contribution in [0.3, 0.4) is 0 Å². The molecule has 1 aliphatic heterocycles. The van der Waals surface area contributed by atoms with Crippen molar-refractivity contribution in [2.24, 2.45) is 4.99 Å². The Balaban J connectivity index is 2.25. The molecular weight excluding hydrogens is 256 g/mol. The highest BCUT2D eigenvalue weighted by Crippen LogP contribution is 2.17. The third-order valence-electron chi connectivity index (χ3n) is 1.63. The molecule has 2 N–H and O–H groups in total. The van der Waals surface area contributed by atoms with Crippen molar-refractivity contribution in [3.8, 4) is 0 Å². The van der Waals surface area contributed by atoms with Gasteiger partial charge >= 0.3 is 0 Å². The third kappa shape index (κ3) is 4.66. The Kier molecular flexibility index (Phi) is 4.79. The number of hydrogen-bond donors (Lipinski definition) is 2. The second-order valence-corrected chi connectivity index (χ2v) is 4.66. The fourth-order valence-corrected chi connectivity index (χ4v) is 1.89. The van der Waals surface area contributed by atoms with E-state index in [9.17, 15) is 4.21 Å². The summed E-state index contributed by atoms with van der Waals surface area (Å²) in [5.74, 6) is 0. The van der Waals surface area contributed by atoms with E-state index in [0.717, 1.165) is 12.8 Å². The van der Waals surface area contributed by atoms with E-state index in [2.05, 4.69) is 25.6 Å². The zero-order valence-electron chi connectivity index (χ0n) is 6.94. The van der Waals surface area contributed by atoms with E-state index in [1.807, 2.05) is 6.21 Å². The summed E-state index contributed by atoms with van der Waals surface area (Å²) in [5.41, 5.74) is 1.18. The first kappa shape index (κ1) is 11.0. The zero-order chi connectivity index (χ0) is 9.68. The number of alkyl halides is 1. The van der Waals surface area contributed by atoms with Crippen LogP contribution in [-0.2, 0) is 11.3 Å². The summed E-state index contributed by atoms with van der Waals surface area (Å²) in [6.45, 7) is 0.504. The van der Waals surface area contributed by atoms with Crippen molar-refractivity contribution in [1.82, 2.24) is 4.72 Å². The molecule has 1 heterocycles. The molecule has 0 aromatic rings. The fraction of sp³-hybridized carbons (Fsp3) is 0.571. The van der Waals surface area contributed by atoms with Crippen LogP contribution in [0.25, 0.3) is 0 Å². The molecule has 0 bridgehead atoms. The quantitative estimate of drug-likeness (QED) is 0.594. The maximum atomic E-state index is 10.2. The van der Waals surface area contributed by atoms with Gasteiger partial charge in [-0.25, -0.2) is 8.93 Å². The first-order chi connectivity index (χ1) is 6.18. The standard InChI is InChI=1S/C7H11BrN2O2S/c8-7-3-6(4-9-5-7)1-2-10-13(11)12/h4-5,7,10H,1-3H2,(H,11,12). The predicted octanol–water partition coefficient (Wildman–Crippen LogP) is 1.22. The minimum Gasteiger partial charge on any atom is -0.294 e. The Labute approximate surface area is 88.1 Å². The Hall–Kier alpha value is -0.0400. The summed E-state index contributed by atoms with van der Waals surface area (Å²) in [4.78, 5) is 4.34. The molecule has 6 heteroatoms. The van der Waals surface area contributed by atoms with Gasteiger partial charge in [-0.05, 0) is 18.4 Å². The van der Waals surface area contributed by atoms with E-state index in [1.54, 1.807) is 6.20 Å². The molecule has 0 amide bonds. The molecule has 0 fully saturated rings. The van der Waals surface area contributed by atoms with E-state index in [4.69, 9.17) is 4.55 Å². The molecule has 0 aromatic heterocycles. The zero-order valence-corrected chi connectivity index (χ0v) is 9.34. The Morgan fingerprint density at radius 1 is 1.85 bits per heavy atom. The SMILES string of the molecule is O=S(O)NCCC1=CN=CC(Br)C1. The molecule has 0 radical (unpaired) electrons. The van der Waals surface area contributed by atoms with Crippen LogP contribution in [0.1, 0.15) is 12.8 Å². The molecule has 0 saturated heterocycles. The minimum atomic E-state index is -1.91. The molecule has 1 rings (SSSR count). The lowest BCUT2D eigenvalue weighted by atomic mass is 10.1. The van der Waals surface area contributed by atoms with Gasteiger partial charge in [0.25, 0.3) is 0 Å². The van der Waals surface area contributed by atoms with E-state index in [1.165, 1.54) is 5.57 Å². The highest BCUT2D eigenvalue weighted by molar-refractivity contribution is 9.10. The Morgan fingerprint density at radius 3 is 3.23 bits per heavy atom. The average Bonchev–Trinajstić information content (AvgIpc) is 2.03. The van der Waals surface area contributed by atoms with Gasteiger partial charge in [0.2, 0.25) is 11.3 Å². The second-order valence-electron chi connectivity index (χ2n) is 2.70. The molecular formula is C7H11BrN2O2S. The largest absolute Gasteiger partial charge is 0.294 e. The van der Waals surface area contributed by atoms with E-state index in [0.29, 0.717) is 11.4 Å². The lowest BCUT2D eigenvalue weighted by Gasteiger charge is -2.11. The van der Waals surface area contributed by atoms with Crippen LogP contribution in [-0.4, -0.2) is 26.3 Å². The summed E-state index contributed by atoms with van der Waals surface area (Å²) < 4.78 is 21.1. The smallest absolute Gasteiger partial charge is 0.231 e. The molecule has 0 aliphatic carbocycles. The van der Waals surface area contributed by atoms with Crippen LogP contribution >= 0.6 is 15.9 Å². The number of halogens is 1. The maximum Gasteiger partial charge on any atom is 0.231 e. The van der Waals surface area contributed by atoms with Gasteiger partial charge in [-0.15, -0.1) is 0 Å². The number of aliphatic imine (C=N–C) groups is 1. The van der Waals surface area contributed by atoms with Gasteiger partial charge in [0.15, 0.2) is 0 Å². The van der Waals surface area contributed by atoms with Crippen molar-refractivity contribution in [1.29, 1.82) is 0 Å². The summed E-state index contributed by atoms with van der Waals surface area (Å²) in [7, 11) is 0. The van der Waals surface area contributed by atoms with E-state index >= 15 is 0 Å². The molecule has 0 spiro atoms. The van der Waals surface area contributed by atoms with Gasteiger partial charge in [0.05, 0.1) is 4.83 Å². The van der Waals surface area contributed by atoms with Crippen molar-refractivity contribution >= 4 is 33.4 Å². The average molecular weight is 267 g/mol. The highest BCUT2D eigenvalue weighted by atomic mass is 79.9. The van der Waals surface area contributed by atoms with Crippen molar-refractivity contribution in [3.05, 3.63) is 11.8 Å². The molecule has 0 saturated carbocycles. The summed E-state index contributed by atoms with van der Waals surface area (Å²) >= 11 is 1.52. The Bertz CT molecular complexity index is 255. The normalized spacial score (nSPS) is 24.2. The monoisotopic (exact) mass is 266 g/mol. The van der Waals surface area contributed by atoms with Crippen molar-refractivity contribution in [2.45, 2.75) is 17.7 Å². The third-order valence-corrected chi connectivity index (χ3v) is 2.65. The number of rotatable bonds is 4. The maximum absolute atomic E-state index is 10.2. The Morgan fingerprint density at radius 2 is 2.62 bits per heavy atom. The minimum absolute atomic E-state index is 0.298. The first-order valence-corrected chi connectivity index (χ1v) is 5.90. The molecule has 0 aromatic carbocycles. The first-order valence-electron chi connectivity index (χ1n) is 3.88. The van der Waals surface area contributed by atoms with Gasteiger partial charge in [0.1, 0.15) is 0 Å². The van der Waals surface area contributed by atoms with Crippen LogP contribution in [0.2, 0.25) is 0 Å². The number of nitrogens with zero attached hydrogens (tertiary/aromatic N) is 1. The molecule has 74 valence electrons. The van der Waals surface area contributed by atoms with Crippen LogP contribution in [0.4, 0.5) is 0 Å². The van der Waals surface area contributed by atoms with Crippen molar-refractivity contribution in [3.63, 3.8) is 0 Å². The lowest BCUT2D eigenvalue weighted by molar-refractivity contribution is 0.548. The predicted molar refractivity (Wildman–Crippen MR) is 57.3 cm³/mol. The summed E-state index contributed by atoms with van der Waals surface area (Å²) in [6.07, 6.45) is 5.32. The molecule has 13 heavy (non-hydrogen) atoms. The van der Waals surface area contributed by atoms with Gasteiger partial charge < -0.3 is 0 Å². The molecule has 2 unspecified atom stereocenters. The fourth-order valence-electron chi connectivity index (χ4n) is 1.06. The van der Waals surface area contributed by atoms with Gasteiger partial charge in [0, 0.05) is 19.0 Å². The van der Waals surface area contributed by atoms with Gasteiger partial charge in [-0.2, -0.15) is 0 Å². The molecule has 4 nitrogen and oxygen atoms in total. The van der Waals surface area contributed by atoms with E-state index in [-0.39, 0.29) is 0 Å². The van der Waals surface area contributed by atoms with E-state index < -0.39 is 11.3 Å². The van der Waals surface area contributed by atoms with Crippen molar-refractivity contribution in [2.75, 3.05) is 6.54 Å². The summed E-state index contributed by atoms with van der Waals surface area (Å²) in [5, 5.41) is 0. The van der Waals surface area contributed by atoms with Crippen LogP contribution in [0, 0.1) is 0 Å². The van der Waals surface area contributed by atoms with Gasteiger partial charge in [-0.3, -0.25) is 9.55 Å². The van der Waals surface area contributed by atoms with Crippen LogP contribution in [0.5, 0.6) is 0 Å².